The van der Waals surface area contributed by atoms with Crippen molar-refractivity contribution in [2.45, 2.75) is 26.7 Å². The molecule has 0 aliphatic heterocycles. The van der Waals surface area contributed by atoms with Gasteiger partial charge in [0.2, 0.25) is 11.8 Å². The number of ether oxygens (including phenoxy) is 1. The van der Waals surface area contributed by atoms with Crippen molar-refractivity contribution in [3.63, 3.8) is 0 Å². The maximum atomic E-state index is 12.1. The van der Waals surface area contributed by atoms with Crippen molar-refractivity contribution in [3.05, 3.63) is 58.6 Å². The molecule has 2 rings (SSSR count). The monoisotopic (exact) mass is 388 g/mol. The van der Waals surface area contributed by atoms with E-state index in [2.05, 4.69) is 5.32 Å². The average Bonchev–Trinajstić information content (AvgIpc) is 2.65. The lowest BCUT2D eigenvalue weighted by atomic mass is 10.1. The van der Waals surface area contributed by atoms with Crippen molar-refractivity contribution in [2.24, 2.45) is 0 Å². The molecule has 2 aromatic rings. The summed E-state index contributed by atoms with van der Waals surface area (Å²) in [4.78, 5) is 25.6. The van der Waals surface area contributed by atoms with E-state index in [1.54, 1.807) is 18.1 Å². The third kappa shape index (κ3) is 6.29. The quantitative estimate of drug-likeness (QED) is 0.749. The smallest absolute Gasteiger partial charge is 0.223 e. The number of methoxy groups -OCH3 is 1. The maximum absolute atomic E-state index is 12.1. The number of anilines is 1. The Morgan fingerprint density at radius 3 is 2.44 bits per heavy atom. The SMILES string of the molecule is COc1ccc(CCNC(=O)CCN(C(C)=O)c2ccc(C)c(Cl)c2)cc1. The Kier molecular flexibility index (Phi) is 7.67. The number of carbonyl (C=O) groups is 2. The van der Waals surface area contributed by atoms with E-state index in [1.807, 2.05) is 43.3 Å². The molecule has 0 atom stereocenters. The second kappa shape index (κ2) is 9.97. The molecular weight excluding hydrogens is 364 g/mol. The number of amides is 2. The number of hydrogen-bond acceptors (Lipinski definition) is 3. The van der Waals surface area contributed by atoms with Crippen LogP contribution in [0, 0.1) is 6.92 Å². The number of benzene rings is 2. The zero-order valence-corrected chi connectivity index (χ0v) is 16.7. The predicted molar refractivity (Wildman–Crippen MR) is 109 cm³/mol. The van der Waals surface area contributed by atoms with Gasteiger partial charge in [-0.25, -0.2) is 0 Å². The largest absolute Gasteiger partial charge is 0.497 e. The number of halogens is 1. The van der Waals surface area contributed by atoms with Gasteiger partial charge in [-0.1, -0.05) is 29.8 Å². The topological polar surface area (TPSA) is 58.6 Å². The van der Waals surface area contributed by atoms with Crippen LogP contribution in [0.15, 0.2) is 42.5 Å². The summed E-state index contributed by atoms with van der Waals surface area (Å²) in [6.07, 6.45) is 0.966. The standard InChI is InChI=1S/C21H25ClN2O3/c1-15-4-7-18(14-20(15)22)24(16(2)25)13-11-21(26)23-12-10-17-5-8-19(27-3)9-6-17/h4-9,14H,10-13H2,1-3H3,(H,23,26). The molecule has 0 saturated carbocycles. The van der Waals surface area contributed by atoms with Crippen molar-refractivity contribution in [1.82, 2.24) is 5.32 Å². The van der Waals surface area contributed by atoms with Gasteiger partial charge in [-0.3, -0.25) is 9.59 Å². The summed E-state index contributed by atoms with van der Waals surface area (Å²) in [5, 5.41) is 3.49. The van der Waals surface area contributed by atoms with E-state index in [4.69, 9.17) is 16.3 Å². The lowest BCUT2D eigenvalue weighted by Crippen LogP contribution is -2.34. The first-order valence-corrected chi connectivity index (χ1v) is 9.22. The molecule has 6 heteroatoms. The van der Waals surface area contributed by atoms with Crippen LogP contribution >= 0.6 is 11.6 Å². The molecule has 0 radical (unpaired) electrons. The summed E-state index contributed by atoms with van der Waals surface area (Å²) in [6.45, 7) is 4.24. The second-order valence-corrected chi connectivity index (χ2v) is 6.71. The van der Waals surface area contributed by atoms with Crippen LogP contribution in [-0.2, 0) is 16.0 Å². The third-order valence-corrected chi connectivity index (χ3v) is 4.71. The Hall–Kier alpha value is -2.53. The first kappa shape index (κ1) is 20.8. The van der Waals surface area contributed by atoms with E-state index in [0.29, 0.717) is 23.8 Å². The minimum atomic E-state index is -0.124. The maximum Gasteiger partial charge on any atom is 0.223 e. The van der Waals surface area contributed by atoms with Crippen LogP contribution in [0.3, 0.4) is 0 Å². The van der Waals surface area contributed by atoms with Gasteiger partial charge in [0.1, 0.15) is 5.75 Å². The van der Waals surface area contributed by atoms with E-state index in [9.17, 15) is 9.59 Å². The van der Waals surface area contributed by atoms with E-state index >= 15 is 0 Å². The molecule has 5 nitrogen and oxygen atoms in total. The molecule has 1 N–H and O–H groups in total. The van der Waals surface area contributed by atoms with Gasteiger partial charge in [0, 0.05) is 37.1 Å². The van der Waals surface area contributed by atoms with Gasteiger partial charge in [-0.15, -0.1) is 0 Å². The van der Waals surface area contributed by atoms with Gasteiger partial charge in [-0.2, -0.15) is 0 Å². The molecule has 2 aromatic carbocycles. The van der Waals surface area contributed by atoms with Crippen LogP contribution < -0.4 is 15.0 Å². The van der Waals surface area contributed by atoms with E-state index in [0.717, 1.165) is 23.3 Å². The highest BCUT2D eigenvalue weighted by Crippen LogP contribution is 2.23. The highest BCUT2D eigenvalue weighted by molar-refractivity contribution is 6.31. The number of nitrogens with one attached hydrogen (secondary N) is 1. The molecule has 2 amide bonds. The minimum Gasteiger partial charge on any atom is -0.497 e. The summed E-state index contributed by atoms with van der Waals surface area (Å²) >= 11 is 6.15. The van der Waals surface area contributed by atoms with Crippen LogP contribution in [0.4, 0.5) is 5.69 Å². The highest BCUT2D eigenvalue weighted by Gasteiger charge is 2.14. The minimum absolute atomic E-state index is 0.0898. The number of hydrogen-bond donors (Lipinski definition) is 1. The fraction of sp³-hybridized carbons (Fsp3) is 0.333. The molecule has 0 bridgehead atoms. The van der Waals surface area contributed by atoms with Crippen molar-refractivity contribution in [3.8, 4) is 5.75 Å². The van der Waals surface area contributed by atoms with Gasteiger partial charge < -0.3 is 15.0 Å². The fourth-order valence-electron chi connectivity index (χ4n) is 2.66. The number of aryl methyl sites for hydroxylation is 1. The Balaban J connectivity index is 1.82. The summed E-state index contributed by atoms with van der Waals surface area (Å²) < 4.78 is 5.13. The summed E-state index contributed by atoms with van der Waals surface area (Å²) in [6, 6.07) is 13.2. The van der Waals surface area contributed by atoms with Gasteiger partial charge >= 0.3 is 0 Å². The number of nitrogens with zero attached hydrogens (tertiary/aromatic N) is 1. The molecule has 0 aliphatic rings. The van der Waals surface area contributed by atoms with Gasteiger partial charge in [-0.05, 0) is 48.7 Å². The molecule has 0 fully saturated rings. The van der Waals surface area contributed by atoms with Gasteiger partial charge in [0.05, 0.1) is 7.11 Å². The van der Waals surface area contributed by atoms with Crippen molar-refractivity contribution in [2.75, 3.05) is 25.1 Å². The molecule has 0 spiro atoms. The molecule has 0 aliphatic carbocycles. The van der Waals surface area contributed by atoms with Crippen molar-refractivity contribution in [1.29, 1.82) is 0 Å². The van der Waals surface area contributed by atoms with E-state index in [-0.39, 0.29) is 18.2 Å². The van der Waals surface area contributed by atoms with Crippen molar-refractivity contribution < 1.29 is 14.3 Å². The van der Waals surface area contributed by atoms with Gasteiger partial charge in [0.15, 0.2) is 0 Å². The lowest BCUT2D eigenvalue weighted by Gasteiger charge is -2.21. The average molecular weight is 389 g/mol. The number of carbonyl (C=O) groups excluding carboxylic acids is 2. The van der Waals surface area contributed by atoms with Crippen LogP contribution in [-0.4, -0.2) is 32.0 Å². The predicted octanol–water partition coefficient (Wildman–Crippen LogP) is 3.76. The molecule has 0 heterocycles. The molecule has 144 valence electrons. The number of rotatable bonds is 8. The van der Waals surface area contributed by atoms with Crippen LogP contribution in [0.25, 0.3) is 0 Å². The Morgan fingerprint density at radius 1 is 1.15 bits per heavy atom. The zero-order chi connectivity index (χ0) is 19.8. The Labute approximate surface area is 165 Å². The van der Waals surface area contributed by atoms with Crippen LogP contribution in [0.2, 0.25) is 5.02 Å². The molecule has 0 aromatic heterocycles. The zero-order valence-electron chi connectivity index (χ0n) is 15.9. The first-order chi connectivity index (χ1) is 12.9. The Bertz CT molecular complexity index is 791. The van der Waals surface area contributed by atoms with Crippen LogP contribution in [0.1, 0.15) is 24.5 Å². The van der Waals surface area contributed by atoms with Crippen molar-refractivity contribution >= 4 is 29.1 Å². The first-order valence-electron chi connectivity index (χ1n) is 8.84. The second-order valence-electron chi connectivity index (χ2n) is 6.30. The van der Waals surface area contributed by atoms with Crippen LogP contribution in [0.5, 0.6) is 5.75 Å². The fourth-order valence-corrected chi connectivity index (χ4v) is 2.83. The van der Waals surface area contributed by atoms with E-state index < -0.39 is 0 Å². The van der Waals surface area contributed by atoms with Gasteiger partial charge in [0.25, 0.3) is 0 Å². The van der Waals surface area contributed by atoms with E-state index in [1.165, 1.54) is 6.92 Å². The Morgan fingerprint density at radius 2 is 1.85 bits per heavy atom. The molecular formula is C21H25ClN2O3. The summed E-state index contributed by atoms with van der Waals surface area (Å²) in [7, 11) is 1.63. The summed E-state index contributed by atoms with van der Waals surface area (Å²) in [5.74, 6) is 0.595. The third-order valence-electron chi connectivity index (χ3n) is 4.30. The highest BCUT2D eigenvalue weighted by atomic mass is 35.5. The molecule has 0 saturated heterocycles. The normalized spacial score (nSPS) is 10.4. The summed E-state index contributed by atoms with van der Waals surface area (Å²) in [5.41, 5.74) is 2.76. The lowest BCUT2D eigenvalue weighted by molar-refractivity contribution is -0.121. The molecule has 27 heavy (non-hydrogen) atoms. The molecule has 0 unspecified atom stereocenters.